The normalized spacial score (nSPS) is 19.0. The number of nitrogens with zero attached hydrogens (tertiary/aromatic N) is 1. The lowest BCUT2D eigenvalue weighted by molar-refractivity contribution is 0.127. The quantitative estimate of drug-likeness (QED) is 0.891. The Balaban J connectivity index is 2.06. The molecule has 0 unspecified atom stereocenters. The van der Waals surface area contributed by atoms with Crippen molar-refractivity contribution in [3.63, 3.8) is 0 Å². The highest BCUT2D eigenvalue weighted by molar-refractivity contribution is 9.10. The second-order valence-corrected chi connectivity index (χ2v) is 7.15. The van der Waals surface area contributed by atoms with Crippen LogP contribution in [0.15, 0.2) is 16.6 Å². The zero-order valence-corrected chi connectivity index (χ0v) is 14.2. The summed E-state index contributed by atoms with van der Waals surface area (Å²) in [4.78, 5) is 2.47. The van der Waals surface area contributed by atoms with Crippen molar-refractivity contribution >= 4 is 15.9 Å². The van der Waals surface area contributed by atoms with Crippen LogP contribution < -0.4 is 4.74 Å². The van der Waals surface area contributed by atoms with Crippen LogP contribution in [0.5, 0.6) is 11.5 Å². The molecule has 2 rings (SSSR count). The minimum atomic E-state index is 0.190. The summed E-state index contributed by atoms with van der Waals surface area (Å²) in [6.45, 7) is 10.3. The van der Waals surface area contributed by atoms with Gasteiger partial charge >= 0.3 is 0 Å². The van der Waals surface area contributed by atoms with Crippen LogP contribution in [0.25, 0.3) is 0 Å². The Morgan fingerprint density at radius 1 is 1.30 bits per heavy atom. The minimum Gasteiger partial charge on any atom is -0.503 e. The SMILES string of the molecule is CCOc1cc(CN2CCC(C)(C)CC2)cc(Br)c1O. The van der Waals surface area contributed by atoms with Gasteiger partial charge in [0.15, 0.2) is 11.5 Å². The number of rotatable bonds is 4. The molecule has 0 aliphatic carbocycles. The first kappa shape index (κ1) is 15.6. The molecule has 1 aromatic carbocycles. The lowest BCUT2D eigenvalue weighted by atomic mass is 9.82. The van der Waals surface area contributed by atoms with Crippen molar-refractivity contribution in [2.24, 2.45) is 5.41 Å². The number of piperidine rings is 1. The molecule has 1 aromatic rings. The molecular formula is C16H24BrNO2. The molecule has 1 heterocycles. The molecule has 0 aromatic heterocycles. The van der Waals surface area contributed by atoms with Gasteiger partial charge in [-0.1, -0.05) is 13.8 Å². The summed E-state index contributed by atoms with van der Waals surface area (Å²) in [6.07, 6.45) is 2.48. The number of phenolic OH excluding ortho intramolecular Hbond substituents is 1. The van der Waals surface area contributed by atoms with Crippen LogP contribution in [0.4, 0.5) is 0 Å². The number of hydrogen-bond donors (Lipinski definition) is 1. The number of likely N-dealkylation sites (tertiary alicyclic amines) is 1. The lowest BCUT2D eigenvalue weighted by Gasteiger charge is -2.37. The minimum absolute atomic E-state index is 0.190. The summed E-state index contributed by atoms with van der Waals surface area (Å²) in [5.74, 6) is 0.754. The van der Waals surface area contributed by atoms with Gasteiger partial charge in [-0.25, -0.2) is 0 Å². The highest BCUT2D eigenvalue weighted by Crippen LogP contribution is 2.36. The second kappa shape index (κ2) is 6.35. The summed E-state index contributed by atoms with van der Waals surface area (Å²) >= 11 is 3.40. The van der Waals surface area contributed by atoms with Crippen LogP contribution >= 0.6 is 15.9 Å². The van der Waals surface area contributed by atoms with E-state index in [1.807, 2.05) is 19.1 Å². The second-order valence-electron chi connectivity index (χ2n) is 6.30. The van der Waals surface area contributed by atoms with Gasteiger partial charge in [-0.3, -0.25) is 4.90 Å². The predicted octanol–water partition coefficient (Wildman–Crippen LogP) is 4.18. The van der Waals surface area contributed by atoms with Crippen molar-refractivity contribution in [2.45, 2.75) is 40.2 Å². The Morgan fingerprint density at radius 3 is 2.55 bits per heavy atom. The predicted molar refractivity (Wildman–Crippen MR) is 85.3 cm³/mol. The molecule has 0 atom stereocenters. The average molecular weight is 342 g/mol. The van der Waals surface area contributed by atoms with Gasteiger partial charge in [-0.2, -0.15) is 0 Å². The first-order valence-electron chi connectivity index (χ1n) is 7.28. The van der Waals surface area contributed by atoms with Crippen molar-refractivity contribution in [1.82, 2.24) is 4.90 Å². The van der Waals surface area contributed by atoms with E-state index in [0.29, 0.717) is 22.2 Å². The van der Waals surface area contributed by atoms with Gasteiger partial charge < -0.3 is 9.84 Å². The van der Waals surface area contributed by atoms with E-state index in [1.165, 1.54) is 18.4 Å². The third kappa shape index (κ3) is 3.89. The van der Waals surface area contributed by atoms with Gasteiger partial charge in [-0.15, -0.1) is 0 Å². The zero-order valence-electron chi connectivity index (χ0n) is 12.6. The van der Waals surface area contributed by atoms with Gasteiger partial charge in [0.1, 0.15) is 0 Å². The maximum atomic E-state index is 9.94. The molecule has 0 radical (unpaired) electrons. The molecule has 1 aliphatic heterocycles. The molecule has 1 fully saturated rings. The maximum Gasteiger partial charge on any atom is 0.172 e. The van der Waals surface area contributed by atoms with Gasteiger partial charge in [0, 0.05) is 6.54 Å². The van der Waals surface area contributed by atoms with Gasteiger partial charge in [-0.05, 0) is 71.9 Å². The molecule has 1 saturated heterocycles. The van der Waals surface area contributed by atoms with E-state index in [2.05, 4.69) is 34.7 Å². The number of hydrogen-bond acceptors (Lipinski definition) is 3. The molecule has 0 amide bonds. The molecule has 4 heteroatoms. The third-order valence-corrected chi connectivity index (χ3v) is 4.61. The molecular weight excluding hydrogens is 318 g/mol. The van der Waals surface area contributed by atoms with Crippen LogP contribution in [0.1, 0.15) is 39.2 Å². The van der Waals surface area contributed by atoms with E-state index in [-0.39, 0.29) is 5.75 Å². The molecule has 112 valence electrons. The molecule has 1 N–H and O–H groups in total. The number of phenols is 1. The summed E-state index contributed by atoms with van der Waals surface area (Å²) in [5.41, 5.74) is 1.65. The third-order valence-electron chi connectivity index (χ3n) is 4.00. The van der Waals surface area contributed by atoms with E-state index in [9.17, 15) is 5.11 Å². The number of aromatic hydroxyl groups is 1. The molecule has 20 heavy (non-hydrogen) atoms. The van der Waals surface area contributed by atoms with E-state index < -0.39 is 0 Å². The van der Waals surface area contributed by atoms with E-state index in [4.69, 9.17) is 4.74 Å². The largest absolute Gasteiger partial charge is 0.503 e. The molecule has 0 bridgehead atoms. The van der Waals surface area contributed by atoms with Crippen LogP contribution in [-0.2, 0) is 6.54 Å². The summed E-state index contributed by atoms with van der Waals surface area (Å²) in [5, 5.41) is 9.94. The Bertz CT molecular complexity index is 464. The van der Waals surface area contributed by atoms with Crippen molar-refractivity contribution in [3.8, 4) is 11.5 Å². The van der Waals surface area contributed by atoms with Crippen LogP contribution in [0, 0.1) is 5.41 Å². The summed E-state index contributed by atoms with van der Waals surface area (Å²) < 4.78 is 6.19. The highest BCUT2D eigenvalue weighted by atomic mass is 79.9. The lowest BCUT2D eigenvalue weighted by Crippen LogP contribution is -2.36. The Kier molecular flexibility index (Phi) is 4.97. The van der Waals surface area contributed by atoms with Gasteiger partial charge in [0.2, 0.25) is 0 Å². The fraction of sp³-hybridized carbons (Fsp3) is 0.625. The number of halogens is 1. The van der Waals surface area contributed by atoms with Crippen molar-refractivity contribution < 1.29 is 9.84 Å². The number of ether oxygens (including phenoxy) is 1. The van der Waals surface area contributed by atoms with Crippen molar-refractivity contribution in [3.05, 3.63) is 22.2 Å². The maximum absolute atomic E-state index is 9.94. The fourth-order valence-electron chi connectivity index (χ4n) is 2.56. The molecule has 3 nitrogen and oxygen atoms in total. The Hall–Kier alpha value is -0.740. The summed E-state index contributed by atoms with van der Waals surface area (Å²) in [6, 6.07) is 3.93. The van der Waals surface area contributed by atoms with Crippen LogP contribution in [0.2, 0.25) is 0 Å². The first-order valence-corrected chi connectivity index (χ1v) is 8.07. The Labute approximate surface area is 130 Å². The zero-order chi connectivity index (χ0) is 14.8. The van der Waals surface area contributed by atoms with Crippen molar-refractivity contribution in [1.29, 1.82) is 0 Å². The molecule has 0 saturated carbocycles. The summed E-state index contributed by atoms with van der Waals surface area (Å²) in [7, 11) is 0. The van der Waals surface area contributed by atoms with Gasteiger partial charge in [0.25, 0.3) is 0 Å². The average Bonchev–Trinajstić information content (AvgIpc) is 2.38. The topological polar surface area (TPSA) is 32.7 Å². The monoisotopic (exact) mass is 341 g/mol. The standard InChI is InChI=1S/C16H24BrNO2/c1-4-20-14-10-12(9-13(17)15(14)19)11-18-7-5-16(2,3)6-8-18/h9-10,19H,4-8,11H2,1-3H3. The highest BCUT2D eigenvalue weighted by Gasteiger charge is 2.25. The fourth-order valence-corrected chi connectivity index (χ4v) is 3.05. The smallest absolute Gasteiger partial charge is 0.172 e. The Morgan fingerprint density at radius 2 is 1.95 bits per heavy atom. The van der Waals surface area contributed by atoms with Crippen LogP contribution in [0.3, 0.4) is 0 Å². The first-order chi connectivity index (χ1) is 9.41. The van der Waals surface area contributed by atoms with Crippen LogP contribution in [-0.4, -0.2) is 29.7 Å². The van der Waals surface area contributed by atoms with Gasteiger partial charge in [0.05, 0.1) is 11.1 Å². The van der Waals surface area contributed by atoms with Crippen molar-refractivity contribution in [2.75, 3.05) is 19.7 Å². The molecule has 0 spiro atoms. The van der Waals surface area contributed by atoms with E-state index in [0.717, 1.165) is 19.6 Å². The number of benzene rings is 1. The van der Waals surface area contributed by atoms with E-state index >= 15 is 0 Å². The molecule has 1 aliphatic rings. The van der Waals surface area contributed by atoms with E-state index in [1.54, 1.807) is 0 Å².